The van der Waals surface area contributed by atoms with E-state index >= 15 is 0 Å². The number of aryl methyl sites for hydroxylation is 1. The van der Waals surface area contributed by atoms with Crippen LogP contribution in [0.5, 0.6) is 0 Å². The maximum Gasteiger partial charge on any atom is 0.253 e. The molecule has 0 spiro atoms. The Morgan fingerprint density at radius 1 is 1.11 bits per heavy atom. The second-order valence-electron chi connectivity index (χ2n) is 7.29. The van der Waals surface area contributed by atoms with Gasteiger partial charge in [0.25, 0.3) is 5.91 Å². The molecule has 3 aromatic rings. The van der Waals surface area contributed by atoms with Gasteiger partial charge in [-0.1, -0.05) is 42.5 Å². The number of carbonyl (C=O) groups is 1. The smallest absolute Gasteiger partial charge is 0.253 e. The molecule has 28 heavy (non-hydrogen) atoms. The first-order valence-electron chi connectivity index (χ1n) is 9.47. The van der Waals surface area contributed by atoms with Crippen LogP contribution >= 0.6 is 0 Å². The lowest BCUT2D eigenvalue weighted by Gasteiger charge is -2.37. The van der Waals surface area contributed by atoms with Gasteiger partial charge in [-0.25, -0.2) is 4.98 Å². The Hall–Kier alpha value is -3.39. The van der Waals surface area contributed by atoms with E-state index in [1.54, 1.807) is 6.20 Å². The average molecular weight is 370 g/mol. The first-order valence-corrected chi connectivity index (χ1v) is 9.47. The molecule has 0 atom stereocenters. The van der Waals surface area contributed by atoms with Gasteiger partial charge in [-0.2, -0.15) is 5.26 Å². The number of amides is 1. The summed E-state index contributed by atoms with van der Waals surface area (Å²) in [5, 5.41) is 9.84. The fourth-order valence-electron chi connectivity index (χ4n) is 3.93. The lowest BCUT2D eigenvalue weighted by Crippen LogP contribution is -2.44. The molecule has 0 aliphatic carbocycles. The zero-order chi connectivity index (χ0) is 19.6. The van der Waals surface area contributed by atoms with Crippen LogP contribution < -0.4 is 0 Å². The number of hydrogen-bond donors (Lipinski definition) is 0. The van der Waals surface area contributed by atoms with Gasteiger partial charge in [0.05, 0.1) is 11.5 Å². The molecule has 0 N–H and O–H groups in total. The molecule has 1 aliphatic heterocycles. The van der Waals surface area contributed by atoms with E-state index in [1.807, 2.05) is 77.3 Å². The average Bonchev–Trinajstić information content (AvgIpc) is 3.20. The Morgan fingerprint density at radius 2 is 1.86 bits per heavy atom. The normalized spacial score (nSPS) is 15.8. The highest BCUT2D eigenvalue weighted by Gasteiger charge is 2.37. The number of piperidine rings is 1. The van der Waals surface area contributed by atoms with Gasteiger partial charge in [0.2, 0.25) is 0 Å². The zero-order valence-electron chi connectivity index (χ0n) is 15.9. The molecule has 1 aliphatic rings. The van der Waals surface area contributed by atoms with Gasteiger partial charge in [0.1, 0.15) is 5.82 Å². The molecule has 2 heterocycles. The highest BCUT2D eigenvalue weighted by molar-refractivity contribution is 5.95. The lowest BCUT2D eigenvalue weighted by atomic mass is 9.74. The summed E-state index contributed by atoms with van der Waals surface area (Å²) in [5.41, 5.74) is 2.12. The molecule has 0 radical (unpaired) electrons. The molecule has 140 valence electrons. The highest BCUT2D eigenvalue weighted by atomic mass is 16.2. The number of imidazole rings is 1. The van der Waals surface area contributed by atoms with Gasteiger partial charge in [0.15, 0.2) is 0 Å². The largest absolute Gasteiger partial charge is 0.339 e. The van der Waals surface area contributed by atoms with Crippen molar-refractivity contribution in [2.24, 2.45) is 7.05 Å². The number of nitriles is 1. The van der Waals surface area contributed by atoms with Crippen LogP contribution in [-0.4, -0.2) is 33.4 Å². The molecule has 0 bridgehead atoms. The van der Waals surface area contributed by atoms with Gasteiger partial charge in [-0.05, 0) is 30.5 Å². The van der Waals surface area contributed by atoms with Crippen molar-refractivity contribution in [3.63, 3.8) is 0 Å². The highest BCUT2D eigenvalue weighted by Crippen LogP contribution is 2.35. The van der Waals surface area contributed by atoms with Crippen LogP contribution in [0.25, 0.3) is 11.4 Å². The summed E-state index contributed by atoms with van der Waals surface area (Å²) in [6.07, 6.45) is 4.94. The fraction of sp³-hybridized carbons (Fsp3) is 0.261. The van der Waals surface area contributed by atoms with E-state index in [9.17, 15) is 10.1 Å². The molecule has 1 amide bonds. The van der Waals surface area contributed by atoms with Crippen LogP contribution in [-0.2, 0) is 12.5 Å². The summed E-state index contributed by atoms with van der Waals surface area (Å²) in [5.74, 6) is 0.844. The van der Waals surface area contributed by atoms with Gasteiger partial charge >= 0.3 is 0 Å². The van der Waals surface area contributed by atoms with E-state index in [2.05, 4.69) is 11.1 Å². The Bertz CT molecular complexity index is 1020. The predicted molar refractivity (Wildman–Crippen MR) is 108 cm³/mol. The van der Waals surface area contributed by atoms with Crippen molar-refractivity contribution in [3.05, 3.63) is 78.1 Å². The summed E-state index contributed by atoms with van der Waals surface area (Å²) in [6, 6.07) is 20.0. The third-order valence-electron chi connectivity index (χ3n) is 5.63. The van der Waals surface area contributed by atoms with Crippen LogP contribution in [0.1, 0.15) is 28.8 Å². The van der Waals surface area contributed by atoms with Crippen LogP contribution in [0, 0.1) is 11.3 Å². The molecule has 1 saturated heterocycles. The van der Waals surface area contributed by atoms with E-state index in [0.29, 0.717) is 31.5 Å². The van der Waals surface area contributed by atoms with E-state index in [-0.39, 0.29) is 5.91 Å². The van der Waals surface area contributed by atoms with Crippen molar-refractivity contribution >= 4 is 5.91 Å². The third kappa shape index (κ3) is 3.18. The molecule has 2 aromatic carbocycles. The van der Waals surface area contributed by atoms with Crippen molar-refractivity contribution in [2.75, 3.05) is 13.1 Å². The summed E-state index contributed by atoms with van der Waals surface area (Å²) in [6.45, 7) is 1.15. The van der Waals surface area contributed by atoms with E-state index in [0.717, 1.165) is 17.0 Å². The van der Waals surface area contributed by atoms with Crippen molar-refractivity contribution in [2.45, 2.75) is 18.3 Å². The topological polar surface area (TPSA) is 61.9 Å². The molecule has 0 unspecified atom stereocenters. The van der Waals surface area contributed by atoms with Crippen LogP contribution in [0.15, 0.2) is 67.0 Å². The summed E-state index contributed by atoms with van der Waals surface area (Å²) < 4.78 is 1.94. The molecule has 0 saturated carbocycles. The maximum atomic E-state index is 13.1. The van der Waals surface area contributed by atoms with Gasteiger partial charge < -0.3 is 9.47 Å². The molecule has 5 heteroatoms. The zero-order valence-corrected chi connectivity index (χ0v) is 15.9. The number of nitrogens with zero attached hydrogens (tertiary/aromatic N) is 4. The molecular formula is C23H22N4O. The standard InChI is InChI=1S/C23H22N4O/c1-26-15-12-25-21(26)18-6-5-7-19(16-18)22(28)27-13-10-23(17-24,11-14-27)20-8-3-2-4-9-20/h2-9,12,15-16H,10-11,13-14H2,1H3. The van der Waals surface area contributed by atoms with Gasteiger partial charge in [-0.15, -0.1) is 0 Å². The first kappa shape index (κ1) is 18.0. The minimum absolute atomic E-state index is 0.00987. The minimum Gasteiger partial charge on any atom is -0.339 e. The molecule has 5 nitrogen and oxygen atoms in total. The van der Waals surface area contributed by atoms with E-state index in [4.69, 9.17) is 0 Å². The lowest BCUT2D eigenvalue weighted by molar-refractivity contribution is 0.0692. The van der Waals surface area contributed by atoms with E-state index < -0.39 is 5.41 Å². The molecule has 1 fully saturated rings. The number of likely N-dealkylation sites (tertiary alicyclic amines) is 1. The van der Waals surface area contributed by atoms with E-state index in [1.165, 1.54) is 0 Å². The Morgan fingerprint density at radius 3 is 2.50 bits per heavy atom. The molecule has 1 aromatic heterocycles. The first-order chi connectivity index (χ1) is 13.6. The summed E-state index contributed by atoms with van der Waals surface area (Å²) in [7, 11) is 1.94. The fourth-order valence-corrected chi connectivity index (χ4v) is 3.93. The number of aromatic nitrogens is 2. The second-order valence-corrected chi connectivity index (χ2v) is 7.29. The second kappa shape index (κ2) is 7.32. The summed E-state index contributed by atoms with van der Waals surface area (Å²) >= 11 is 0. The minimum atomic E-state index is -0.507. The SMILES string of the molecule is Cn1ccnc1-c1cccc(C(=O)N2CCC(C#N)(c3ccccc3)CC2)c1. The molecule has 4 rings (SSSR count). The quantitative estimate of drug-likeness (QED) is 0.705. The van der Waals surface area contributed by atoms with Crippen molar-refractivity contribution < 1.29 is 4.79 Å². The van der Waals surface area contributed by atoms with Crippen LogP contribution in [0.3, 0.4) is 0 Å². The number of benzene rings is 2. The monoisotopic (exact) mass is 370 g/mol. The number of carbonyl (C=O) groups excluding carboxylic acids is 1. The van der Waals surface area contributed by atoms with Crippen molar-refractivity contribution in [1.29, 1.82) is 5.26 Å². The van der Waals surface area contributed by atoms with Crippen molar-refractivity contribution in [1.82, 2.24) is 14.5 Å². The third-order valence-corrected chi connectivity index (χ3v) is 5.63. The number of rotatable bonds is 3. The Balaban J connectivity index is 1.52. The molecular weight excluding hydrogens is 348 g/mol. The van der Waals surface area contributed by atoms with Crippen LogP contribution in [0.4, 0.5) is 0 Å². The Labute approximate surface area is 164 Å². The van der Waals surface area contributed by atoms with Gasteiger partial charge in [-0.3, -0.25) is 4.79 Å². The maximum absolute atomic E-state index is 13.1. The predicted octanol–water partition coefficient (Wildman–Crippen LogP) is 3.78. The number of hydrogen-bond acceptors (Lipinski definition) is 3. The van der Waals surface area contributed by atoms with Gasteiger partial charge in [0, 0.05) is 43.7 Å². The summed E-state index contributed by atoms with van der Waals surface area (Å²) in [4.78, 5) is 19.3. The van der Waals surface area contributed by atoms with Crippen LogP contribution in [0.2, 0.25) is 0 Å². The Kier molecular flexibility index (Phi) is 4.70. The van der Waals surface area contributed by atoms with Crippen molar-refractivity contribution in [3.8, 4) is 17.5 Å².